The summed E-state index contributed by atoms with van der Waals surface area (Å²) in [4.78, 5) is 0. The minimum Gasteiger partial charge on any atom is -0.418 e. The first-order valence-electron chi connectivity index (χ1n) is 5.23. The SMILES string of the molecule is Cc1ccc(F)cc1Cl.F[B-](F)(F)F.F[B-](F)(F)F.F[B-](F)(F)F. The van der Waals surface area contributed by atoms with Gasteiger partial charge in [0.2, 0.25) is 0 Å². The largest absolute Gasteiger partial charge is 0.673 e. The summed E-state index contributed by atoms with van der Waals surface area (Å²) >= 11 is 5.57. The van der Waals surface area contributed by atoms with Gasteiger partial charge in [-0.3, -0.25) is 0 Å². The van der Waals surface area contributed by atoms with Gasteiger partial charge >= 0.3 is 21.8 Å². The average molecular weight is 405 g/mol. The Morgan fingerprint density at radius 3 is 1.08 bits per heavy atom. The molecule has 0 heterocycles. The Labute approximate surface area is 132 Å². The molecule has 1 rings (SSSR count). The molecular weight excluding hydrogens is 399 g/mol. The lowest BCUT2D eigenvalue weighted by Crippen LogP contribution is -2.02. The lowest BCUT2D eigenvalue weighted by atomic mass is 10.2. The van der Waals surface area contributed by atoms with Gasteiger partial charge in [0.15, 0.2) is 0 Å². The molecule has 0 saturated carbocycles. The molecule has 0 saturated heterocycles. The third-order valence-corrected chi connectivity index (χ3v) is 1.54. The van der Waals surface area contributed by atoms with Crippen LogP contribution in [0.1, 0.15) is 5.56 Å². The second-order valence-electron chi connectivity index (χ2n) is 3.38. The topological polar surface area (TPSA) is 0 Å². The van der Waals surface area contributed by atoms with Crippen LogP contribution in [-0.4, -0.2) is 21.8 Å². The molecule has 0 aliphatic heterocycles. The number of benzene rings is 1. The van der Waals surface area contributed by atoms with E-state index in [-0.39, 0.29) is 5.82 Å². The van der Waals surface area contributed by atoms with Crippen molar-refractivity contribution >= 4 is 33.4 Å². The van der Waals surface area contributed by atoms with Crippen molar-refractivity contribution in [3.63, 3.8) is 0 Å². The maximum absolute atomic E-state index is 12.3. The van der Waals surface area contributed by atoms with E-state index in [0.717, 1.165) is 5.56 Å². The fraction of sp³-hybridized carbons (Fsp3) is 0.143. The molecule has 0 fully saturated rings. The second-order valence-corrected chi connectivity index (χ2v) is 3.79. The molecule has 0 bridgehead atoms. The third kappa shape index (κ3) is 58.6. The molecule has 0 aliphatic carbocycles. The normalized spacial score (nSPS) is 11.1. The van der Waals surface area contributed by atoms with Crippen LogP contribution >= 0.6 is 11.6 Å². The third-order valence-electron chi connectivity index (χ3n) is 1.13. The Kier molecular flexibility index (Phi) is 13.1. The van der Waals surface area contributed by atoms with Crippen LogP contribution in [0, 0.1) is 12.7 Å². The van der Waals surface area contributed by atoms with Crippen LogP contribution in [-0.2, 0) is 0 Å². The first kappa shape index (κ1) is 27.6. The Morgan fingerprint density at radius 1 is 0.667 bits per heavy atom. The highest BCUT2D eigenvalue weighted by Gasteiger charge is 2.21. The molecule has 17 heteroatoms. The average Bonchev–Trinajstić information content (AvgIpc) is 2.16. The van der Waals surface area contributed by atoms with Gasteiger partial charge in [0, 0.05) is 5.02 Å². The van der Waals surface area contributed by atoms with Gasteiger partial charge in [-0.05, 0) is 24.6 Å². The van der Waals surface area contributed by atoms with E-state index < -0.39 is 21.8 Å². The maximum Gasteiger partial charge on any atom is 0.673 e. The standard InChI is InChI=1S/C7H6ClF.3BF4/c1-5-2-3-6(9)4-7(5)8;3*2-1(3,4)5/h2-4H,1H3;;;/q;3*-1. The van der Waals surface area contributed by atoms with Crippen molar-refractivity contribution in [2.75, 3.05) is 0 Å². The van der Waals surface area contributed by atoms with E-state index in [1.54, 1.807) is 6.07 Å². The first-order valence-corrected chi connectivity index (χ1v) is 5.61. The maximum atomic E-state index is 12.3. The van der Waals surface area contributed by atoms with Crippen LogP contribution in [0.2, 0.25) is 5.02 Å². The lowest BCUT2D eigenvalue weighted by Gasteiger charge is -1.94. The van der Waals surface area contributed by atoms with Crippen molar-refractivity contribution in [3.8, 4) is 0 Å². The molecule has 144 valence electrons. The predicted octanol–water partition coefficient (Wildman–Crippen LogP) is 6.69. The van der Waals surface area contributed by atoms with Crippen molar-refractivity contribution < 1.29 is 56.2 Å². The highest BCUT2D eigenvalue weighted by Crippen LogP contribution is 2.15. The minimum atomic E-state index is -6.00. The number of rotatable bonds is 0. The summed E-state index contributed by atoms with van der Waals surface area (Å²) in [6.45, 7) is 1.84. The van der Waals surface area contributed by atoms with E-state index >= 15 is 0 Å². The quantitative estimate of drug-likeness (QED) is 0.334. The van der Waals surface area contributed by atoms with Crippen molar-refractivity contribution in [1.82, 2.24) is 0 Å². The fourth-order valence-electron chi connectivity index (χ4n) is 0.567. The second kappa shape index (κ2) is 11.4. The molecule has 24 heavy (non-hydrogen) atoms. The molecule has 0 radical (unpaired) electrons. The Balaban J connectivity index is -0.000000259. The molecular formula is C7H6B3ClF13-3. The van der Waals surface area contributed by atoms with Crippen LogP contribution in [0.5, 0.6) is 0 Å². The summed E-state index contributed by atoms with van der Waals surface area (Å²) in [6.07, 6.45) is 0. The van der Waals surface area contributed by atoms with E-state index in [0.29, 0.717) is 5.02 Å². The molecule has 0 spiro atoms. The highest BCUT2D eigenvalue weighted by atomic mass is 35.5. The first-order chi connectivity index (χ1) is 10.2. The monoisotopic (exact) mass is 405 g/mol. The van der Waals surface area contributed by atoms with E-state index in [1.165, 1.54) is 12.1 Å². The zero-order valence-corrected chi connectivity index (χ0v) is 12.0. The summed E-state index contributed by atoms with van der Waals surface area (Å²) < 4.78 is 129. The minimum absolute atomic E-state index is 0.286. The van der Waals surface area contributed by atoms with Crippen LogP contribution < -0.4 is 0 Å². The summed E-state index contributed by atoms with van der Waals surface area (Å²) in [5, 5.41) is 0.481. The Morgan fingerprint density at radius 2 is 0.917 bits per heavy atom. The molecule has 0 amide bonds. The fourth-order valence-corrected chi connectivity index (χ4v) is 0.734. The van der Waals surface area contributed by atoms with Gasteiger partial charge in [0.25, 0.3) is 0 Å². The molecule has 0 aliphatic rings. The van der Waals surface area contributed by atoms with Gasteiger partial charge < -0.3 is 51.8 Å². The smallest absolute Gasteiger partial charge is 0.418 e. The molecule has 0 unspecified atom stereocenters. The summed E-state index contributed by atoms with van der Waals surface area (Å²) in [5.41, 5.74) is 0.901. The molecule has 1 aromatic rings. The van der Waals surface area contributed by atoms with Crippen LogP contribution in [0.4, 0.5) is 56.2 Å². The number of hydrogen-bond donors (Lipinski definition) is 0. The Hall–Kier alpha value is -1.21. The van der Waals surface area contributed by atoms with Gasteiger partial charge in [-0.25, -0.2) is 4.39 Å². The summed E-state index contributed by atoms with van der Waals surface area (Å²) in [7, 11) is -18.0. The zero-order valence-electron chi connectivity index (χ0n) is 11.3. The van der Waals surface area contributed by atoms with Crippen molar-refractivity contribution in [2.24, 2.45) is 0 Å². The van der Waals surface area contributed by atoms with Gasteiger partial charge in [-0.2, -0.15) is 0 Å². The number of hydrogen-bond acceptors (Lipinski definition) is 0. The highest BCUT2D eigenvalue weighted by molar-refractivity contribution is 6.50. The van der Waals surface area contributed by atoms with Gasteiger partial charge in [0.1, 0.15) is 5.82 Å². The number of aryl methyl sites for hydroxylation is 1. The van der Waals surface area contributed by atoms with Crippen LogP contribution in [0.25, 0.3) is 0 Å². The van der Waals surface area contributed by atoms with Crippen molar-refractivity contribution in [3.05, 3.63) is 34.6 Å². The van der Waals surface area contributed by atoms with Gasteiger partial charge in [0.05, 0.1) is 0 Å². The van der Waals surface area contributed by atoms with Crippen molar-refractivity contribution in [2.45, 2.75) is 6.92 Å². The predicted molar refractivity (Wildman–Crippen MR) is 66.7 cm³/mol. The number of halogens is 14. The molecule has 0 N–H and O–H groups in total. The summed E-state index contributed by atoms with van der Waals surface area (Å²) in [6, 6.07) is 4.34. The Bertz CT molecular complexity index is 408. The van der Waals surface area contributed by atoms with Gasteiger partial charge in [-0.15, -0.1) is 0 Å². The van der Waals surface area contributed by atoms with E-state index in [4.69, 9.17) is 11.6 Å². The molecule has 0 aromatic heterocycles. The van der Waals surface area contributed by atoms with Crippen molar-refractivity contribution in [1.29, 1.82) is 0 Å². The molecule has 1 aromatic carbocycles. The van der Waals surface area contributed by atoms with E-state index in [2.05, 4.69) is 0 Å². The van der Waals surface area contributed by atoms with Gasteiger partial charge in [-0.1, -0.05) is 17.7 Å². The lowest BCUT2D eigenvalue weighted by molar-refractivity contribution is 0.366. The van der Waals surface area contributed by atoms with E-state index in [1.807, 2.05) is 6.92 Å². The molecule has 0 nitrogen and oxygen atoms in total. The van der Waals surface area contributed by atoms with Crippen LogP contribution in [0.15, 0.2) is 18.2 Å². The zero-order chi connectivity index (χ0) is 20.4. The molecule has 0 atom stereocenters. The van der Waals surface area contributed by atoms with Crippen LogP contribution in [0.3, 0.4) is 0 Å². The summed E-state index contributed by atoms with van der Waals surface area (Å²) in [5.74, 6) is -0.286. The van der Waals surface area contributed by atoms with E-state index in [9.17, 15) is 56.2 Å².